The molecule has 1 atom stereocenters. The molecule has 2 rings (SSSR count). The van der Waals surface area contributed by atoms with E-state index in [4.69, 9.17) is 4.74 Å². The van der Waals surface area contributed by atoms with E-state index in [9.17, 15) is 9.90 Å². The van der Waals surface area contributed by atoms with Gasteiger partial charge in [0.15, 0.2) is 0 Å². The van der Waals surface area contributed by atoms with Gasteiger partial charge in [0.2, 0.25) is 0 Å². The number of hydrogen-bond donors (Lipinski definition) is 2. The van der Waals surface area contributed by atoms with Crippen molar-refractivity contribution in [2.75, 3.05) is 0 Å². The van der Waals surface area contributed by atoms with E-state index in [1.54, 1.807) is 0 Å². The fourth-order valence-electron chi connectivity index (χ4n) is 3.07. The molecule has 2 fully saturated rings. The second-order valence-corrected chi connectivity index (χ2v) is 6.61. The lowest BCUT2D eigenvalue weighted by atomic mass is 9.75. The van der Waals surface area contributed by atoms with Crippen molar-refractivity contribution in [2.24, 2.45) is 0 Å². The highest BCUT2D eigenvalue weighted by atomic mass is 16.5. The van der Waals surface area contributed by atoms with E-state index < -0.39 is 11.5 Å². The Bertz CT molecular complexity index is 332. The first-order valence-corrected chi connectivity index (χ1v) is 6.38. The van der Waals surface area contributed by atoms with Gasteiger partial charge in [0.1, 0.15) is 5.54 Å². The topological polar surface area (TPSA) is 58.6 Å². The third-order valence-electron chi connectivity index (χ3n) is 4.14. The zero-order chi connectivity index (χ0) is 12.9. The molecule has 4 nitrogen and oxygen atoms in total. The van der Waals surface area contributed by atoms with E-state index >= 15 is 0 Å². The first kappa shape index (κ1) is 12.8. The van der Waals surface area contributed by atoms with Crippen LogP contribution in [0.15, 0.2) is 0 Å². The van der Waals surface area contributed by atoms with E-state index in [1.807, 2.05) is 13.8 Å². The Hall–Kier alpha value is -0.610. The molecule has 1 unspecified atom stereocenters. The molecule has 0 aromatic heterocycles. The summed E-state index contributed by atoms with van der Waals surface area (Å²) in [5.74, 6) is -0.718. The molecule has 0 radical (unpaired) electrons. The molecular weight excluding hydrogens is 218 g/mol. The van der Waals surface area contributed by atoms with Crippen molar-refractivity contribution >= 4 is 5.97 Å². The fourth-order valence-corrected chi connectivity index (χ4v) is 3.07. The molecule has 0 aromatic carbocycles. The standard InChI is InChI=1S/C13H23NO3/c1-11(2)8-9(12(3,4)17-11)14-13(10(15)16)6-5-7-13/h9,14H,5-8H2,1-4H3,(H,15,16). The van der Waals surface area contributed by atoms with Gasteiger partial charge < -0.3 is 9.84 Å². The van der Waals surface area contributed by atoms with Gasteiger partial charge in [-0.1, -0.05) is 0 Å². The second kappa shape index (κ2) is 3.69. The van der Waals surface area contributed by atoms with Crippen LogP contribution in [-0.4, -0.2) is 33.9 Å². The van der Waals surface area contributed by atoms with Crippen molar-refractivity contribution < 1.29 is 14.6 Å². The Balaban J connectivity index is 2.11. The molecular formula is C13H23NO3. The van der Waals surface area contributed by atoms with Crippen molar-refractivity contribution in [2.45, 2.75) is 76.2 Å². The predicted molar refractivity (Wildman–Crippen MR) is 65.0 cm³/mol. The summed E-state index contributed by atoms with van der Waals surface area (Å²) < 4.78 is 5.99. The molecule has 0 amide bonds. The van der Waals surface area contributed by atoms with Crippen LogP contribution in [0.2, 0.25) is 0 Å². The molecule has 0 spiro atoms. The normalized spacial score (nSPS) is 33.1. The summed E-state index contributed by atoms with van der Waals surface area (Å²) in [5.41, 5.74) is -1.18. The monoisotopic (exact) mass is 241 g/mol. The Morgan fingerprint density at radius 2 is 1.88 bits per heavy atom. The number of ether oxygens (including phenoxy) is 1. The zero-order valence-electron chi connectivity index (χ0n) is 11.2. The van der Waals surface area contributed by atoms with Gasteiger partial charge in [0.05, 0.1) is 11.2 Å². The van der Waals surface area contributed by atoms with Crippen molar-refractivity contribution in [3.63, 3.8) is 0 Å². The van der Waals surface area contributed by atoms with Crippen molar-refractivity contribution in [1.29, 1.82) is 0 Å². The molecule has 1 aliphatic heterocycles. The summed E-state index contributed by atoms with van der Waals surface area (Å²) in [6.07, 6.45) is 3.32. The SMILES string of the molecule is CC1(C)CC(NC2(C(=O)O)CCC2)C(C)(C)O1. The number of carboxylic acids is 1. The summed E-state index contributed by atoms with van der Waals surface area (Å²) in [4.78, 5) is 11.4. The molecule has 1 heterocycles. The van der Waals surface area contributed by atoms with Crippen LogP contribution in [0.3, 0.4) is 0 Å². The van der Waals surface area contributed by atoms with Crippen LogP contribution in [0.1, 0.15) is 53.4 Å². The van der Waals surface area contributed by atoms with E-state index in [0.29, 0.717) is 0 Å². The number of hydrogen-bond acceptors (Lipinski definition) is 3. The summed E-state index contributed by atoms with van der Waals surface area (Å²) >= 11 is 0. The zero-order valence-corrected chi connectivity index (χ0v) is 11.2. The Morgan fingerprint density at radius 1 is 1.29 bits per heavy atom. The molecule has 0 bridgehead atoms. The van der Waals surface area contributed by atoms with Crippen molar-refractivity contribution in [3.8, 4) is 0 Å². The third kappa shape index (κ3) is 2.20. The third-order valence-corrected chi connectivity index (χ3v) is 4.14. The van der Waals surface area contributed by atoms with Gasteiger partial charge in [0.25, 0.3) is 0 Å². The number of aliphatic carboxylic acids is 1. The Morgan fingerprint density at radius 3 is 2.18 bits per heavy atom. The van der Waals surface area contributed by atoms with Crippen LogP contribution in [-0.2, 0) is 9.53 Å². The number of rotatable bonds is 3. The second-order valence-electron chi connectivity index (χ2n) is 6.61. The summed E-state index contributed by atoms with van der Waals surface area (Å²) in [6.45, 7) is 8.19. The lowest BCUT2D eigenvalue weighted by Gasteiger charge is -2.43. The highest BCUT2D eigenvalue weighted by molar-refractivity contribution is 5.80. The molecule has 1 saturated heterocycles. The molecule has 1 aliphatic carbocycles. The fraction of sp³-hybridized carbons (Fsp3) is 0.923. The Labute approximate surface area is 103 Å². The molecule has 1 saturated carbocycles. The van der Waals surface area contributed by atoms with E-state index in [1.165, 1.54) is 0 Å². The quantitative estimate of drug-likeness (QED) is 0.792. The van der Waals surface area contributed by atoms with E-state index in [2.05, 4.69) is 19.2 Å². The van der Waals surface area contributed by atoms with Crippen molar-refractivity contribution in [1.82, 2.24) is 5.32 Å². The smallest absolute Gasteiger partial charge is 0.323 e. The Kier molecular flexibility index (Phi) is 2.79. The van der Waals surface area contributed by atoms with Crippen molar-refractivity contribution in [3.05, 3.63) is 0 Å². The molecule has 17 heavy (non-hydrogen) atoms. The average Bonchev–Trinajstić information content (AvgIpc) is 2.25. The number of carboxylic acid groups (broad SMARTS) is 1. The lowest BCUT2D eigenvalue weighted by molar-refractivity contribution is -0.150. The summed E-state index contributed by atoms with van der Waals surface area (Å²) in [5, 5.41) is 12.7. The maximum atomic E-state index is 11.4. The van der Waals surface area contributed by atoms with E-state index in [-0.39, 0.29) is 17.2 Å². The number of nitrogens with one attached hydrogen (secondary N) is 1. The average molecular weight is 241 g/mol. The maximum absolute atomic E-state index is 11.4. The molecule has 98 valence electrons. The number of carbonyl (C=O) groups is 1. The van der Waals surface area contributed by atoms with Gasteiger partial charge >= 0.3 is 5.97 Å². The molecule has 2 aliphatic rings. The lowest BCUT2D eigenvalue weighted by Crippen LogP contribution is -2.63. The van der Waals surface area contributed by atoms with Crippen LogP contribution >= 0.6 is 0 Å². The minimum atomic E-state index is -0.718. The van der Waals surface area contributed by atoms with Gasteiger partial charge in [-0.15, -0.1) is 0 Å². The first-order valence-electron chi connectivity index (χ1n) is 6.38. The van der Waals surface area contributed by atoms with Gasteiger partial charge in [-0.2, -0.15) is 0 Å². The van der Waals surface area contributed by atoms with Gasteiger partial charge in [0, 0.05) is 6.04 Å². The van der Waals surface area contributed by atoms with Crippen LogP contribution < -0.4 is 5.32 Å². The van der Waals surface area contributed by atoms with Gasteiger partial charge in [-0.05, 0) is 53.4 Å². The molecule has 2 N–H and O–H groups in total. The van der Waals surface area contributed by atoms with Crippen LogP contribution in [0, 0.1) is 0 Å². The molecule has 0 aromatic rings. The van der Waals surface area contributed by atoms with Crippen LogP contribution in [0.5, 0.6) is 0 Å². The highest BCUT2D eigenvalue weighted by Crippen LogP contribution is 2.41. The van der Waals surface area contributed by atoms with Gasteiger partial charge in [-0.3, -0.25) is 10.1 Å². The van der Waals surface area contributed by atoms with Crippen LogP contribution in [0.4, 0.5) is 0 Å². The minimum Gasteiger partial charge on any atom is -0.480 e. The minimum absolute atomic E-state index is 0.105. The predicted octanol–water partition coefficient (Wildman–Crippen LogP) is 1.93. The summed E-state index contributed by atoms with van der Waals surface area (Å²) in [7, 11) is 0. The van der Waals surface area contributed by atoms with E-state index in [0.717, 1.165) is 25.7 Å². The molecule has 4 heteroatoms. The van der Waals surface area contributed by atoms with Gasteiger partial charge in [-0.25, -0.2) is 0 Å². The van der Waals surface area contributed by atoms with Crippen LogP contribution in [0.25, 0.3) is 0 Å². The summed E-state index contributed by atoms with van der Waals surface area (Å²) in [6, 6.07) is 0.105. The first-order chi connectivity index (χ1) is 7.67. The largest absolute Gasteiger partial charge is 0.480 e. The highest BCUT2D eigenvalue weighted by Gasteiger charge is 2.52. The maximum Gasteiger partial charge on any atom is 0.323 e.